The molecule has 3 rings (SSSR count). The van der Waals surface area contributed by atoms with Crippen molar-refractivity contribution in [1.82, 2.24) is 9.80 Å². The summed E-state index contributed by atoms with van der Waals surface area (Å²) < 4.78 is 25.0. The fourth-order valence-electron chi connectivity index (χ4n) is 4.00. The van der Waals surface area contributed by atoms with Crippen molar-refractivity contribution in [2.24, 2.45) is 5.92 Å². The highest BCUT2D eigenvalue weighted by molar-refractivity contribution is 7.91. The maximum absolute atomic E-state index is 13.3. The zero-order chi connectivity index (χ0) is 18.0. The maximum atomic E-state index is 13.3. The molecule has 2 aliphatic heterocycles. The van der Waals surface area contributed by atoms with Crippen LogP contribution in [0.25, 0.3) is 0 Å². The van der Waals surface area contributed by atoms with Crippen LogP contribution in [0.4, 0.5) is 0 Å². The quantitative estimate of drug-likeness (QED) is 0.826. The Labute approximate surface area is 150 Å². The lowest BCUT2D eigenvalue weighted by atomic mass is 9.97. The standard InChI is InChI=1S/C19H28N2O3S/c1-15(2)18(20-10-6-3-7-11-20)19(22)21-12-13-25(23,24)17-9-5-4-8-16(17)14-21/h4-5,8-9,15,18H,3,6-7,10-14H2,1-2H3. The molecule has 2 aliphatic rings. The van der Waals surface area contributed by atoms with E-state index in [-0.39, 0.29) is 30.2 Å². The van der Waals surface area contributed by atoms with Gasteiger partial charge < -0.3 is 4.90 Å². The topological polar surface area (TPSA) is 57.7 Å². The molecule has 0 saturated carbocycles. The number of likely N-dealkylation sites (tertiary alicyclic amines) is 1. The molecule has 0 aliphatic carbocycles. The summed E-state index contributed by atoms with van der Waals surface area (Å²) in [5.74, 6) is 0.283. The van der Waals surface area contributed by atoms with Gasteiger partial charge in [0.2, 0.25) is 5.91 Å². The Bertz CT molecular complexity index is 724. The minimum absolute atomic E-state index is 0.000564. The third-order valence-electron chi connectivity index (χ3n) is 5.28. The predicted octanol–water partition coefficient (Wildman–Crippen LogP) is 2.31. The Morgan fingerprint density at radius 3 is 2.40 bits per heavy atom. The normalized spacial score (nSPS) is 22.3. The molecular formula is C19H28N2O3S. The largest absolute Gasteiger partial charge is 0.336 e. The van der Waals surface area contributed by atoms with E-state index in [0.29, 0.717) is 11.4 Å². The van der Waals surface area contributed by atoms with Gasteiger partial charge in [-0.15, -0.1) is 0 Å². The Morgan fingerprint density at radius 1 is 1.04 bits per heavy atom. The van der Waals surface area contributed by atoms with E-state index < -0.39 is 9.84 Å². The van der Waals surface area contributed by atoms with E-state index in [1.54, 1.807) is 17.0 Å². The summed E-state index contributed by atoms with van der Waals surface area (Å²) in [6.07, 6.45) is 3.49. The zero-order valence-corrected chi connectivity index (χ0v) is 16.0. The second-order valence-electron chi connectivity index (χ2n) is 7.47. The van der Waals surface area contributed by atoms with Crippen LogP contribution in [0.1, 0.15) is 38.7 Å². The van der Waals surface area contributed by atoms with Crippen molar-refractivity contribution in [2.75, 3.05) is 25.4 Å². The molecule has 0 N–H and O–H groups in total. The van der Waals surface area contributed by atoms with Gasteiger partial charge in [0, 0.05) is 13.1 Å². The number of piperidine rings is 1. The zero-order valence-electron chi connectivity index (χ0n) is 15.1. The summed E-state index contributed by atoms with van der Waals surface area (Å²) in [5, 5.41) is 0. The van der Waals surface area contributed by atoms with Gasteiger partial charge in [-0.05, 0) is 43.5 Å². The fraction of sp³-hybridized carbons (Fsp3) is 0.632. The molecule has 1 amide bonds. The van der Waals surface area contributed by atoms with Gasteiger partial charge in [0.1, 0.15) is 0 Å². The highest BCUT2D eigenvalue weighted by Crippen LogP contribution is 2.25. The second kappa shape index (κ2) is 7.46. The number of benzene rings is 1. The molecule has 1 atom stereocenters. The van der Waals surface area contributed by atoms with Gasteiger partial charge in [-0.1, -0.05) is 38.5 Å². The van der Waals surface area contributed by atoms with Crippen LogP contribution in [0.5, 0.6) is 0 Å². The van der Waals surface area contributed by atoms with E-state index in [2.05, 4.69) is 18.7 Å². The summed E-state index contributed by atoms with van der Waals surface area (Å²) in [5.41, 5.74) is 0.731. The summed E-state index contributed by atoms with van der Waals surface area (Å²) in [6, 6.07) is 6.91. The van der Waals surface area contributed by atoms with Gasteiger partial charge in [-0.3, -0.25) is 9.69 Å². The molecule has 5 nitrogen and oxygen atoms in total. The van der Waals surface area contributed by atoms with Gasteiger partial charge in [-0.2, -0.15) is 0 Å². The fourth-order valence-corrected chi connectivity index (χ4v) is 5.50. The van der Waals surface area contributed by atoms with Crippen LogP contribution in [0.2, 0.25) is 0 Å². The molecule has 2 heterocycles. The first-order valence-electron chi connectivity index (χ1n) is 9.23. The number of carbonyl (C=O) groups excluding carboxylic acids is 1. The van der Waals surface area contributed by atoms with Crippen molar-refractivity contribution >= 4 is 15.7 Å². The number of amides is 1. The molecule has 0 spiro atoms. The first kappa shape index (κ1) is 18.4. The van der Waals surface area contributed by atoms with E-state index >= 15 is 0 Å². The Kier molecular flexibility index (Phi) is 5.49. The van der Waals surface area contributed by atoms with Gasteiger partial charge in [0.05, 0.1) is 16.7 Å². The summed E-state index contributed by atoms with van der Waals surface area (Å²) in [4.78, 5) is 17.7. The lowest BCUT2D eigenvalue weighted by Crippen LogP contribution is -2.53. The predicted molar refractivity (Wildman–Crippen MR) is 98.0 cm³/mol. The number of rotatable bonds is 3. The van der Waals surface area contributed by atoms with E-state index in [4.69, 9.17) is 0 Å². The molecule has 138 valence electrons. The average molecular weight is 365 g/mol. The Balaban J connectivity index is 1.86. The first-order valence-corrected chi connectivity index (χ1v) is 10.9. The highest BCUT2D eigenvalue weighted by atomic mass is 32.2. The third kappa shape index (κ3) is 3.90. The molecule has 1 fully saturated rings. The van der Waals surface area contributed by atoms with Crippen molar-refractivity contribution in [3.8, 4) is 0 Å². The number of hydrogen-bond donors (Lipinski definition) is 0. The van der Waals surface area contributed by atoms with Gasteiger partial charge >= 0.3 is 0 Å². The van der Waals surface area contributed by atoms with Crippen LogP contribution in [0, 0.1) is 5.92 Å². The van der Waals surface area contributed by atoms with Crippen molar-refractivity contribution in [1.29, 1.82) is 0 Å². The summed E-state index contributed by atoms with van der Waals surface area (Å²) in [7, 11) is -3.32. The first-order chi connectivity index (χ1) is 11.9. The van der Waals surface area contributed by atoms with E-state index in [1.165, 1.54) is 6.42 Å². The van der Waals surface area contributed by atoms with Gasteiger partial charge in [0.25, 0.3) is 0 Å². The van der Waals surface area contributed by atoms with Crippen LogP contribution in [0.3, 0.4) is 0 Å². The third-order valence-corrected chi connectivity index (χ3v) is 7.07. The summed E-state index contributed by atoms with van der Waals surface area (Å²) in [6.45, 7) is 6.73. The molecule has 25 heavy (non-hydrogen) atoms. The van der Waals surface area contributed by atoms with Crippen molar-refractivity contribution in [3.05, 3.63) is 29.8 Å². The molecule has 6 heteroatoms. The van der Waals surface area contributed by atoms with E-state index in [0.717, 1.165) is 31.5 Å². The minimum atomic E-state index is -3.32. The van der Waals surface area contributed by atoms with Crippen molar-refractivity contribution in [2.45, 2.75) is 50.6 Å². The smallest absolute Gasteiger partial charge is 0.240 e. The number of sulfone groups is 1. The number of nitrogens with zero attached hydrogens (tertiary/aromatic N) is 2. The lowest BCUT2D eigenvalue weighted by Gasteiger charge is -2.38. The second-order valence-corrected chi connectivity index (χ2v) is 9.55. The molecular weight excluding hydrogens is 336 g/mol. The summed E-state index contributed by atoms with van der Waals surface area (Å²) >= 11 is 0. The van der Waals surface area contributed by atoms with Gasteiger partial charge in [0.15, 0.2) is 9.84 Å². The Morgan fingerprint density at radius 2 is 1.72 bits per heavy atom. The average Bonchev–Trinajstić information content (AvgIpc) is 2.72. The molecule has 0 aromatic heterocycles. The number of carbonyl (C=O) groups is 1. The van der Waals surface area contributed by atoms with Crippen LogP contribution in [0.15, 0.2) is 29.2 Å². The van der Waals surface area contributed by atoms with Crippen molar-refractivity contribution < 1.29 is 13.2 Å². The van der Waals surface area contributed by atoms with Crippen molar-refractivity contribution in [3.63, 3.8) is 0 Å². The van der Waals surface area contributed by atoms with Crippen LogP contribution in [-0.4, -0.2) is 55.6 Å². The van der Waals surface area contributed by atoms with Crippen LogP contribution < -0.4 is 0 Å². The molecule has 1 aromatic carbocycles. The van der Waals surface area contributed by atoms with Crippen LogP contribution >= 0.6 is 0 Å². The van der Waals surface area contributed by atoms with E-state index in [1.807, 2.05) is 12.1 Å². The SMILES string of the molecule is CC(C)C(C(=O)N1CCS(=O)(=O)c2ccccc2C1)N1CCCCC1. The molecule has 1 aromatic rings. The number of hydrogen-bond acceptors (Lipinski definition) is 4. The van der Waals surface area contributed by atoms with Gasteiger partial charge in [-0.25, -0.2) is 8.42 Å². The highest BCUT2D eigenvalue weighted by Gasteiger charge is 2.35. The molecule has 0 radical (unpaired) electrons. The lowest BCUT2D eigenvalue weighted by molar-refractivity contribution is -0.139. The maximum Gasteiger partial charge on any atom is 0.240 e. The molecule has 1 unspecified atom stereocenters. The number of fused-ring (bicyclic) bond motifs is 1. The molecule has 0 bridgehead atoms. The molecule has 1 saturated heterocycles. The van der Waals surface area contributed by atoms with Crippen LogP contribution in [-0.2, 0) is 21.2 Å². The Hall–Kier alpha value is -1.40. The minimum Gasteiger partial charge on any atom is -0.336 e. The van der Waals surface area contributed by atoms with E-state index in [9.17, 15) is 13.2 Å². The monoisotopic (exact) mass is 364 g/mol.